The summed E-state index contributed by atoms with van der Waals surface area (Å²) >= 11 is 0. The predicted octanol–water partition coefficient (Wildman–Crippen LogP) is 1.44. The molecule has 0 radical (unpaired) electrons. The number of rotatable bonds is 3. The van der Waals surface area contributed by atoms with Gasteiger partial charge in [-0.25, -0.2) is 9.18 Å². The van der Waals surface area contributed by atoms with E-state index in [4.69, 9.17) is 0 Å². The first-order chi connectivity index (χ1) is 11.0. The van der Waals surface area contributed by atoms with Crippen LogP contribution in [-0.2, 0) is 16.1 Å². The quantitative estimate of drug-likeness (QED) is 0.915. The number of Topliss-reactive ketones (excluding diaryl/α,β-unsaturated/α-hetero) is 1. The first-order valence-corrected chi connectivity index (χ1v) is 7.67. The van der Waals surface area contributed by atoms with Gasteiger partial charge in [-0.3, -0.25) is 14.9 Å². The number of anilines is 1. The Hall–Kier alpha value is -2.44. The Bertz CT molecular complexity index is 652. The Labute approximate surface area is 133 Å². The van der Waals surface area contributed by atoms with Gasteiger partial charge in [0.15, 0.2) is 0 Å². The number of carbonyl (C=O) groups is 3. The number of halogens is 1. The minimum Gasteiger partial charge on any atom is -0.368 e. The molecule has 23 heavy (non-hydrogen) atoms. The summed E-state index contributed by atoms with van der Waals surface area (Å²) in [5.74, 6) is -0.429. The van der Waals surface area contributed by atoms with Crippen LogP contribution in [0, 0.1) is 5.82 Å². The molecule has 0 aromatic heterocycles. The van der Waals surface area contributed by atoms with Crippen LogP contribution in [0.2, 0.25) is 0 Å². The van der Waals surface area contributed by atoms with E-state index in [9.17, 15) is 18.8 Å². The molecule has 1 aromatic rings. The summed E-state index contributed by atoms with van der Waals surface area (Å²) < 4.78 is 14.3. The van der Waals surface area contributed by atoms with Gasteiger partial charge in [-0.2, -0.15) is 0 Å². The Kier molecular flexibility index (Phi) is 4.27. The lowest BCUT2D eigenvalue weighted by molar-refractivity contribution is -0.121. The minimum absolute atomic E-state index is 0.212. The van der Waals surface area contributed by atoms with Crippen molar-refractivity contribution in [1.82, 2.24) is 10.2 Å². The van der Waals surface area contributed by atoms with Crippen LogP contribution in [0.25, 0.3) is 0 Å². The fraction of sp³-hybridized carbons (Fsp3) is 0.438. The Balaban J connectivity index is 1.68. The molecule has 0 bridgehead atoms. The van der Waals surface area contributed by atoms with Gasteiger partial charge in [0.1, 0.15) is 11.6 Å². The Morgan fingerprint density at radius 1 is 1.04 bits per heavy atom. The van der Waals surface area contributed by atoms with Crippen molar-refractivity contribution >= 4 is 23.4 Å². The standard InChI is InChI=1S/C16H18FN3O3/c17-13-9-11(10-20-8-5-15(22)18-16(20)23)1-2-14(13)19-6-3-12(21)4-7-19/h1-2,9H,3-8,10H2,(H,18,22,23). The summed E-state index contributed by atoms with van der Waals surface area (Å²) in [6, 6.07) is 4.43. The third-order valence-electron chi connectivity index (χ3n) is 4.19. The fourth-order valence-corrected chi connectivity index (χ4v) is 2.87. The van der Waals surface area contributed by atoms with Gasteiger partial charge in [0.05, 0.1) is 5.69 Å². The maximum absolute atomic E-state index is 14.3. The number of imide groups is 1. The second-order valence-electron chi connectivity index (χ2n) is 5.84. The van der Waals surface area contributed by atoms with Crippen molar-refractivity contribution in [2.75, 3.05) is 24.5 Å². The zero-order valence-electron chi connectivity index (χ0n) is 12.7. The molecule has 2 heterocycles. The van der Waals surface area contributed by atoms with E-state index >= 15 is 0 Å². The molecule has 0 unspecified atom stereocenters. The number of nitrogens with one attached hydrogen (secondary N) is 1. The van der Waals surface area contributed by atoms with Crippen molar-refractivity contribution in [3.63, 3.8) is 0 Å². The lowest BCUT2D eigenvalue weighted by atomic mass is 10.1. The molecule has 0 atom stereocenters. The van der Waals surface area contributed by atoms with Gasteiger partial charge >= 0.3 is 6.03 Å². The number of urea groups is 1. The van der Waals surface area contributed by atoms with Crippen LogP contribution < -0.4 is 10.2 Å². The molecule has 3 rings (SSSR count). The maximum atomic E-state index is 14.3. The van der Waals surface area contributed by atoms with E-state index in [2.05, 4.69) is 5.32 Å². The molecule has 3 amide bonds. The molecule has 1 N–H and O–H groups in total. The van der Waals surface area contributed by atoms with E-state index < -0.39 is 6.03 Å². The van der Waals surface area contributed by atoms with Crippen molar-refractivity contribution < 1.29 is 18.8 Å². The lowest BCUT2D eigenvalue weighted by Crippen LogP contribution is -2.48. The SMILES string of the molecule is O=C1CCN(c2ccc(CN3CCC(=O)NC3=O)cc2F)CC1. The number of amides is 3. The third kappa shape index (κ3) is 3.49. The van der Waals surface area contributed by atoms with Gasteiger partial charge in [-0.05, 0) is 17.7 Å². The van der Waals surface area contributed by atoms with Crippen molar-refractivity contribution in [2.45, 2.75) is 25.8 Å². The van der Waals surface area contributed by atoms with Gasteiger partial charge in [0, 0.05) is 45.4 Å². The largest absolute Gasteiger partial charge is 0.368 e. The molecule has 0 aliphatic carbocycles. The zero-order valence-corrected chi connectivity index (χ0v) is 12.7. The van der Waals surface area contributed by atoms with Crippen molar-refractivity contribution in [3.8, 4) is 0 Å². The number of piperidine rings is 1. The van der Waals surface area contributed by atoms with Crippen LogP contribution in [0.5, 0.6) is 0 Å². The first kappa shape index (κ1) is 15.5. The molecule has 0 saturated carbocycles. The number of benzene rings is 1. The van der Waals surface area contributed by atoms with Crippen LogP contribution in [0.1, 0.15) is 24.8 Å². The number of ketones is 1. The molecule has 6 nitrogen and oxygen atoms in total. The van der Waals surface area contributed by atoms with Gasteiger partial charge in [0.25, 0.3) is 0 Å². The first-order valence-electron chi connectivity index (χ1n) is 7.67. The van der Waals surface area contributed by atoms with Gasteiger partial charge < -0.3 is 9.80 Å². The molecule has 1 aromatic carbocycles. The average Bonchev–Trinajstić information content (AvgIpc) is 2.51. The van der Waals surface area contributed by atoms with E-state index in [1.807, 2.05) is 4.90 Å². The van der Waals surface area contributed by atoms with E-state index in [0.717, 1.165) is 0 Å². The zero-order chi connectivity index (χ0) is 16.4. The normalized spacial score (nSPS) is 19.1. The van der Waals surface area contributed by atoms with Crippen LogP contribution in [0.4, 0.5) is 14.9 Å². The second-order valence-corrected chi connectivity index (χ2v) is 5.84. The van der Waals surface area contributed by atoms with Crippen molar-refractivity contribution in [2.24, 2.45) is 0 Å². The summed E-state index contributed by atoms with van der Waals surface area (Å²) in [4.78, 5) is 37.4. The molecule has 7 heteroatoms. The van der Waals surface area contributed by atoms with Crippen LogP contribution in [-0.4, -0.2) is 42.3 Å². The minimum atomic E-state index is -0.444. The fourth-order valence-electron chi connectivity index (χ4n) is 2.87. The summed E-state index contributed by atoms with van der Waals surface area (Å²) in [5.41, 5.74) is 1.16. The van der Waals surface area contributed by atoms with Crippen LogP contribution >= 0.6 is 0 Å². The number of nitrogens with zero attached hydrogens (tertiary/aromatic N) is 2. The maximum Gasteiger partial charge on any atom is 0.324 e. The van der Waals surface area contributed by atoms with E-state index in [1.165, 1.54) is 11.0 Å². The molecular formula is C16H18FN3O3. The Morgan fingerprint density at radius 2 is 1.78 bits per heavy atom. The van der Waals surface area contributed by atoms with Gasteiger partial charge in [0.2, 0.25) is 5.91 Å². The average molecular weight is 319 g/mol. The highest BCUT2D eigenvalue weighted by Gasteiger charge is 2.24. The third-order valence-corrected chi connectivity index (χ3v) is 4.19. The molecule has 2 aliphatic heterocycles. The summed E-state index contributed by atoms with van der Waals surface area (Å²) in [6.45, 7) is 1.66. The lowest BCUT2D eigenvalue weighted by Gasteiger charge is -2.29. The van der Waals surface area contributed by atoms with E-state index in [0.29, 0.717) is 43.7 Å². The smallest absolute Gasteiger partial charge is 0.324 e. The van der Waals surface area contributed by atoms with Gasteiger partial charge in [-0.15, -0.1) is 0 Å². The van der Waals surface area contributed by atoms with E-state index in [1.54, 1.807) is 12.1 Å². The summed E-state index contributed by atoms with van der Waals surface area (Å²) in [7, 11) is 0. The summed E-state index contributed by atoms with van der Waals surface area (Å²) in [6.07, 6.45) is 1.15. The van der Waals surface area contributed by atoms with Crippen LogP contribution in [0.15, 0.2) is 18.2 Å². The monoisotopic (exact) mass is 319 g/mol. The summed E-state index contributed by atoms with van der Waals surface area (Å²) in [5, 5.41) is 2.25. The predicted molar refractivity (Wildman–Crippen MR) is 81.4 cm³/mol. The van der Waals surface area contributed by atoms with Crippen LogP contribution in [0.3, 0.4) is 0 Å². The van der Waals surface area contributed by atoms with Crippen molar-refractivity contribution in [1.29, 1.82) is 0 Å². The Morgan fingerprint density at radius 3 is 2.43 bits per heavy atom. The highest BCUT2D eigenvalue weighted by molar-refractivity contribution is 5.96. The second kappa shape index (κ2) is 6.36. The topological polar surface area (TPSA) is 69.7 Å². The number of hydrogen-bond donors (Lipinski definition) is 1. The number of hydrogen-bond acceptors (Lipinski definition) is 4. The molecular weight excluding hydrogens is 301 g/mol. The molecule has 0 spiro atoms. The molecule has 2 fully saturated rings. The molecule has 122 valence electrons. The molecule has 2 aliphatic rings. The van der Waals surface area contributed by atoms with Crippen molar-refractivity contribution in [3.05, 3.63) is 29.6 Å². The number of carbonyl (C=O) groups excluding carboxylic acids is 3. The molecule has 2 saturated heterocycles. The highest BCUT2D eigenvalue weighted by Crippen LogP contribution is 2.24. The highest BCUT2D eigenvalue weighted by atomic mass is 19.1. The van der Waals surface area contributed by atoms with E-state index in [-0.39, 0.29) is 30.5 Å². The van der Waals surface area contributed by atoms with Gasteiger partial charge in [-0.1, -0.05) is 6.07 Å².